The van der Waals surface area contributed by atoms with Crippen molar-refractivity contribution in [2.45, 2.75) is 18.0 Å². The molecule has 0 aliphatic heterocycles. The van der Waals surface area contributed by atoms with E-state index < -0.39 is 0 Å². The van der Waals surface area contributed by atoms with E-state index in [-0.39, 0.29) is 0 Å². The smallest absolute Gasteiger partial charge is 0.227 e. The minimum absolute atomic E-state index is 0.658. The van der Waals surface area contributed by atoms with E-state index in [2.05, 4.69) is 25.3 Å². The molecule has 138 valence electrons. The third-order valence-corrected chi connectivity index (χ3v) is 5.60. The fourth-order valence-electron chi connectivity index (χ4n) is 2.44. The molecule has 9 heteroatoms. The third-order valence-electron chi connectivity index (χ3n) is 3.80. The average Bonchev–Trinajstić information content (AvgIpc) is 3.47. The lowest BCUT2D eigenvalue weighted by molar-refractivity contribution is 0.378. The van der Waals surface area contributed by atoms with Crippen molar-refractivity contribution in [3.05, 3.63) is 47.7 Å². The molecule has 0 spiro atoms. The Morgan fingerprint density at radius 1 is 1.19 bits per heavy atom. The summed E-state index contributed by atoms with van der Waals surface area (Å²) in [4.78, 5) is 9.97. The highest BCUT2D eigenvalue weighted by Gasteiger charge is 2.10. The largest absolute Gasteiger partial charge is 0.497 e. The van der Waals surface area contributed by atoms with E-state index in [1.54, 1.807) is 30.2 Å². The number of nitrogens with zero attached hydrogens (tertiary/aromatic N) is 4. The zero-order valence-electron chi connectivity index (χ0n) is 14.6. The normalized spacial score (nSPS) is 11.0. The summed E-state index contributed by atoms with van der Waals surface area (Å²) >= 11 is 3.20. The molecule has 0 aliphatic carbocycles. The molecule has 1 aromatic carbocycles. The van der Waals surface area contributed by atoms with Crippen LogP contribution in [-0.4, -0.2) is 38.2 Å². The van der Waals surface area contributed by atoms with Crippen LogP contribution in [0, 0.1) is 0 Å². The van der Waals surface area contributed by atoms with Gasteiger partial charge in [0.15, 0.2) is 5.82 Å². The monoisotopic (exact) mass is 399 g/mol. The second kappa shape index (κ2) is 8.36. The molecule has 3 aromatic heterocycles. The van der Waals surface area contributed by atoms with Gasteiger partial charge in [0.25, 0.3) is 0 Å². The van der Waals surface area contributed by atoms with Crippen molar-refractivity contribution in [3.8, 4) is 27.8 Å². The summed E-state index contributed by atoms with van der Waals surface area (Å²) in [5.74, 6) is 3.75. The molecule has 0 unspecified atom stereocenters. The van der Waals surface area contributed by atoms with Crippen LogP contribution in [0.15, 0.2) is 51.5 Å². The number of hydrogen-bond donors (Lipinski definition) is 1. The topological polar surface area (TPSA) is 89.7 Å². The third kappa shape index (κ3) is 4.37. The first-order valence-corrected chi connectivity index (χ1v) is 10.2. The molecule has 0 radical (unpaired) electrons. The highest BCUT2D eigenvalue weighted by Crippen LogP contribution is 2.23. The predicted molar refractivity (Wildman–Crippen MR) is 105 cm³/mol. The zero-order valence-corrected chi connectivity index (χ0v) is 16.2. The Hall–Kier alpha value is -2.65. The molecular weight excluding hydrogens is 382 g/mol. The van der Waals surface area contributed by atoms with Crippen LogP contribution in [0.2, 0.25) is 0 Å². The van der Waals surface area contributed by atoms with Gasteiger partial charge in [-0.05, 0) is 42.1 Å². The van der Waals surface area contributed by atoms with Gasteiger partial charge in [-0.25, -0.2) is 4.98 Å². The molecule has 0 fully saturated rings. The molecular formula is C18H17N5O2S2. The number of methoxy groups -OCH3 is 1. The number of ether oxygens (including phenoxy) is 1. The van der Waals surface area contributed by atoms with Crippen LogP contribution >= 0.6 is 23.1 Å². The molecule has 0 atom stereocenters. The number of nitrogens with one attached hydrogen (secondary N) is 1. The van der Waals surface area contributed by atoms with Gasteiger partial charge < -0.3 is 9.26 Å². The van der Waals surface area contributed by atoms with Crippen molar-refractivity contribution in [2.24, 2.45) is 0 Å². The van der Waals surface area contributed by atoms with Gasteiger partial charge in [0, 0.05) is 17.7 Å². The molecule has 4 rings (SSSR count). The van der Waals surface area contributed by atoms with Gasteiger partial charge in [0.1, 0.15) is 5.75 Å². The predicted octanol–water partition coefficient (Wildman–Crippen LogP) is 4.32. The number of aromatic nitrogens is 5. The number of thioether (sulfide) groups is 1. The van der Waals surface area contributed by atoms with Crippen molar-refractivity contribution in [2.75, 3.05) is 12.9 Å². The first kappa shape index (κ1) is 17.7. The van der Waals surface area contributed by atoms with Crippen LogP contribution in [0.1, 0.15) is 12.3 Å². The first-order chi connectivity index (χ1) is 13.3. The Labute approximate surface area is 164 Å². The minimum atomic E-state index is 0.658. The maximum atomic E-state index is 5.31. The number of rotatable bonds is 8. The molecule has 0 saturated heterocycles. The molecule has 1 N–H and O–H groups in total. The Morgan fingerprint density at radius 2 is 2.07 bits per heavy atom. The summed E-state index contributed by atoms with van der Waals surface area (Å²) in [6, 6.07) is 11.7. The van der Waals surface area contributed by atoms with E-state index in [1.807, 2.05) is 41.8 Å². The van der Waals surface area contributed by atoms with Crippen molar-refractivity contribution in [1.29, 1.82) is 0 Å². The summed E-state index contributed by atoms with van der Waals surface area (Å²) < 4.78 is 10.5. The highest BCUT2D eigenvalue weighted by molar-refractivity contribution is 7.99. The van der Waals surface area contributed by atoms with Crippen LogP contribution in [0.25, 0.3) is 22.1 Å². The summed E-state index contributed by atoms with van der Waals surface area (Å²) in [6.45, 7) is 0. The van der Waals surface area contributed by atoms with Crippen molar-refractivity contribution >= 4 is 23.1 Å². The minimum Gasteiger partial charge on any atom is -0.497 e. The quantitative estimate of drug-likeness (QED) is 0.349. The van der Waals surface area contributed by atoms with Gasteiger partial charge in [0.2, 0.25) is 16.9 Å². The maximum Gasteiger partial charge on any atom is 0.227 e. The van der Waals surface area contributed by atoms with E-state index in [0.717, 1.165) is 45.8 Å². The van der Waals surface area contributed by atoms with Crippen LogP contribution in [0.3, 0.4) is 0 Å². The van der Waals surface area contributed by atoms with E-state index >= 15 is 0 Å². The summed E-state index contributed by atoms with van der Waals surface area (Å²) in [7, 11) is 1.65. The van der Waals surface area contributed by atoms with Gasteiger partial charge in [-0.3, -0.25) is 5.10 Å². The molecule has 3 heterocycles. The molecule has 27 heavy (non-hydrogen) atoms. The Bertz CT molecular complexity index is 980. The van der Waals surface area contributed by atoms with Crippen LogP contribution in [0.4, 0.5) is 0 Å². The highest BCUT2D eigenvalue weighted by atomic mass is 32.2. The van der Waals surface area contributed by atoms with Crippen molar-refractivity contribution < 1.29 is 9.26 Å². The van der Waals surface area contributed by atoms with Crippen LogP contribution in [-0.2, 0) is 6.42 Å². The molecule has 4 aromatic rings. The van der Waals surface area contributed by atoms with Crippen molar-refractivity contribution in [1.82, 2.24) is 25.3 Å². The van der Waals surface area contributed by atoms with Crippen LogP contribution in [0.5, 0.6) is 5.75 Å². The molecule has 0 saturated carbocycles. The molecule has 0 aliphatic rings. The average molecular weight is 400 g/mol. The lowest BCUT2D eigenvalue weighted by Gasteiger charge is -1.99. The lowest BCUT2D eigenvalue weighted by atomic mass is 10.2. The van der Waals surface area contributed by atoms with Crippen molar-refractivity contribution in [3.63, 3.8) is 0 Å². The van der Waals surface area contributed by atoms with Gasteiger partial charge in [-0.1, -0.05) is 23.0 Å². The summed E-state index contributed by atoms with van der Waals surface area (Å²) in [5, 5.41) is 14.0. The number of hydrogen-bond acceptors (Lipinski definition) is 8. The molecule has 7 nitrogen and oxygen atoms in total. The lowest BCUT2D eigenvalue weighted by Crippen LogP contribution is -1.89. The number of aromatic amines is 1. The summed E-state index contributed by atoms with van der Waals surface area (Å²) in [6.07, 6.45) is 1.64. The Morgan fingerprint density at radius 3 is 2.85 bits per heavy atom. The molecule has 0 bridgehead atoms. The van der Waals surface area contributed by atoms with E-state index in [0.29, 0.717) is 11.7 Å². The Kier molecular flexibility index (Phi) is 5.50. The van der Waals surface area contributed by atoms with E-state index in [9.17, 15) is 0 Å². The standard InChI is InChI=1S/C18H17N5O2S2/c1-24-13-8-6-12(7-9-13)16-20-18(22-21-16)27-11-3-5-15-19-17(23-25-15)14-4-2-10-26-14/h2,4,6-10H,3,5,11H2,1H3,(H,20,21,22). The van der Waals surface area contributed by atoms with Gasteiger partial charge in [-0.2, -0.15) is 4.98 Å². The van der Waals surface area contributed by atoms with E-state index in [4.69, 9.17) is 9.26 Å². The summed E-state index contributed by atoms with van der Waals surface area (Å²) in [5.41, 5.74) is 0.974. The first-order valence-electron chi connectivity index (χ1n) is 8.38. The SMILES string of the molecule is COc1ccc(-c2nc(SCCCc3nc(-c4cccs4)no3)n[nH]2)cc1. The number of thiophene rings is 1. The molecule has 0 amide bonds. The number of aryl methyl sites for hydroxylation is 1. The van der Waals surface area contributed by atoms with E-state index in [1.165, 1.54) is 0 Å². The van der Waals surface area contributed by atoms with Gasteiger partial charge in [0.05, 0.1) is 12.0 Å². The number of H-pyrrole nitrogens is 1. The Balaban J connectivity index is 1.26. The fraction of sp³-hybridized carbons (Fsp3) is 0.222. The van der Waals surface area contributed by atoms with Crippen LogP contribution < -0.4 is 4.74 Å². The second-order valence-corrected chi connectivity index (χ2v) is 7.65. The second-order valence-electron chi connectivity index (χ2n) is 5.64. The van der Waals surface area contributed by atoms with Gasteiger partial charge in [-0.15, -0.1) is 16.4 Å². The van der Waals surface area contributed by atoms with Gasteiger partial charge >= 0.3 is 0 Å². The number of benzene rings is 1. The zero-order chi connectivity index (χ0) is 18.5. The maximum absolute atomic E-state index is 5.31. The fourth-order valence-corrected chi connectivity index (χ4v) is 3.82.